The van der Waals surface area contributed by atoms with Gasteiger partial charge in [-0.3, -0.25) is 10.1 Å². The predicted molar refractivity (Wildman–Crippen MR) is 76.8 cm³/mol. The van der Waals surface area contributed by atoms with Gasteiger partial charge in [0.15, 0.2) is 0 Å². The summed E-state index contributed by atoms with van der Waals surface area (Å²) < 4.78 is 31.8. The van der Waals surface area contributed by atoms with Crippen LogP contribution >= 0.6 is 0 Å². The largest absolute Gasteiger partial charge is 0.495 e. The molecule has 1 aromatic carbocycles. The Morgan fingerprint density at radius 3 is 2.67 bits per heavy atom. The quantitative estimate of drug-likeness (QED) is 0.436. The molecule has 0 amide bonds. The van der Waals surface area contributed by atoms with E-state index in [1.165, 1.54) is 23.6 Å². The van der Waals surface area contributed by atoms with Crippen LogP contribution in [0.25, 0.3) is 0 Å². The van der Waals surface area contributed by atoms with Crippen LogP contribution in [-0.4, -0.2) is 37.3 Å². The molecule has 0 unspecified atom stereocenters. The summed E-state index contributed by atoms with van der Waals surface area (Å²) in [4.78, 5) is 10.1. The highest BCUT2D eigenvalue weighted by molar-refractivity contribution is 7.89. The molecule has 0 bridgehead atoms. The van der Waals surface area contributed by atoms with Crippen molar-refractivity contribution in [2.75, 3.05) is 13.7 Å². The van der Waals surface area contributed by atoms with Crippen LogP contribution in [0.5, 0.6) is 5.75 Å². The average Bonchev–Trinajstić information content (AvgIpc) is 3.28. The number of ether oxygens (including phenoxy) is 1. The molecule has 8 heteroatoms. The van der Waals surface area contributed by atoms with Gasteiger partial charge in [0.2, 0.25) is 10.0 Å². The highest BCUT2D eigenvalue weighted by atomic mass is 32.2. The van der Waals surface area contributed by atoms with Gasteiger partial charge in [0, 0.05) is 18.7 Å². The van der Waals surface area contributed by atoms with E-state index in [9.17, 15) is 18.5 Å². The first-order valence-corrected chi connectivity index (χ1v) is 7.81. The Bertz CT molecular complexity index is 667. The number of non-ortho nitro benzene ring substituents is 1. The zero-order chi connectivity index (χ0) is 15.6. The summed E-state index contributed by atoms with van der Waals surface area (Å²) in [5, 5.41) is 10.8. The Balaban J connectivity index is 2.47. The molecule has 7 nitrogen and oxygen atoms in total. The van der Waals surface area contributed by atoms with Crippen molar-refractivity contribution in [3.8, 4) is 5.75 Å². The van der Waals surface area contributed by atoms with Gasteiger partial charge in [-0.1, -0.05) is 6.08 Å². The van der Waals surface area contributed by atoms with E-state index in [1.54, 1.807) is 0 Å². The molecule has 0 spiro atoms. The maximum atomic E-state index is 12.7. The van der Waals surface area contributed by atoms with Gasteiger partial charge in [0.25, 0.3) is 5.69 Å². The van der Waals surface area contributed by atoms with E-state index in [4.69, 9.17) is 4.74 Å². The molecule has 2 rings (SSSR count). The fourth-order valence-electron chi connectivity index (χ4n) is 2.04. The van der Waals surface area contributed by atoms with Gasteiger partial charge >= 0.3 is 0 Å². The summed E-state index contributed by atoms with van der Waals surface area (Å²) in [6.45, 7) is 3.77. The predicted octanol–water partition coefficient (Wildman–Crippen LogP) is 1.94. The Kier molecular flexibility index (Phi) is 4.29. The third-order valence-electron chi connectivity index (χ3n) is 3.21. The SMILES string of the molecule is C=CCN(C1CC1)S(=O)(=O)c1ccc([N+](=O)[O-])cc1OC. The lowest BCUT2D eigenvalue weighted by atomic mass is 10.3. The highest BCUT2D eigenvalue weighted by Crippen LogP contribution is 2.36. The van der Waals surface area contributed by atoms with Crippen LogP contribution in [0.4, 0.5) is 5.69 Å². The van der Waals surface area contributed by atoms with Crippen LogP contribution in [0.2, 0.25) is 0 Å². The number of sulfonamides is 1. The number of methoxy groups -OCH3 is 1. The van der Waals surface area contributed by atoms with Gasteiger partial charge in [-0.15, -0.1) is 6.58 Å². The maximum absolute atomic E-state index is 12.7. The number of nitro groups is 1. The third-order valence-corrected chi connectivity index (χ3v) is 5.17. The van der Waals surface area contributed by atoms with Gasteiger partial charge in [-0.05, 0) is 18.9 Å². The summed E-state index contributed by atoms with van der Waals surface area (Å²) in [5.74, 6) is -0.0288. The minimum absolute atomic E-state index is 0.0288. The summed E-state index contributed by atoms with van der Waals surface area (Å²) in [5.41, 5.74) is -0.215. The van der Waals surface area contributed by atoms with E-state index in [-0.39, 0.29) is 28.9 Å². The minimum atomic E-state index is -3.77. The molecule has 21 heavy (non-hydrogen) atoms. The molecule has 1 saturated carbocycles. The van der Waals surface area contributed by atoms with Gasteiger partial charge in [-0.2, -0.15) is 4.31 Å². The lowest BCUT2D eigenvalue weighted by Crippen LogP contribution is -2.33. The molecular weight excluding hydrogens is 296 g/mol. The number of hydrogen-bond donors (Lipinski definition) is 0. The maximum Gasteiger partial charge on any atom is 0.273 e. The summed E-state index contributed by atoms with van der Waals surface area (Å²) >= 11 is 0. The lowest BCUT2D eigenvalue weighted by molar-refractivity contribution is -0.385. The van der Waals surface area contributed by atoms with Crippen molar-refractivity contribution in [2.24, 2.45) is 0 Å². The van der Waals surface area contributed by atoms with Gasteiger partial charge < -0.3 is 4.74 Å². The fraction of sp³-hybridized carbons (Fsp3) is 0.385. The molecule has 0 atom stereocenters. The minimum Gasteiger partial charge on any atom is -0.495 e. The van der Waals surface area contributed by atoms with Crippen molar-refractivity contribution >= 4 is 15.7 Å². The second-order valence-corrected chi connectivity index (χ2v) is 6.55. The number of hydrogen-bond acceptors (Lipinski definition) is 5. The Hall–Kier alpha value is -1.93. The molecule has 0 heterocycles. The molecule has 0 aromatic heterocycles. The molecule has 1 aromatic rings. The van der Waals surface area contributed by atoms with Gasteiger partial charge in [-0.25, -0.2) is 8.42 Å². The molecule has 0 aliphatic heterocycles. The summed E-state index contributed by atoms with van der Waals surface area (Å²) in [6, 6.07) is 3.46. The molecule has 0 radical (unpaired) electrons. The standard InChI is InChI=1S/C13H16N2O5S/c1-3-8-14(10-4-5-10)21(18,19)13-7-6-11(15(16)17)9-12(13)20-2/h3,6-7,9-10H,1,4-5,8H2,2H3. The molecule has 1 fully saturated rings. The van der Waals surface area contributed by atoms with Crippen LogP contribution in [0.3, 0.4) is 0 Å². The Labute approximate surface area is 123 Å². The first kappa shape index (κ1) is 15.5. The van der Waals surface area contributed by atoms with Crippen molar-refractivity contribution in [3.05, 3.63) is 41.0 Å². The smallest absolute Gasteiger partial charge is 0.273 e. The zero-order valence-corrected chi connectivity index (χ0v) is 12.4. The topological polar surface area (TPSA) is 89.8 Å². The Morgan fingerprint density at radius 2 is 2.19 bits per heavy atom. The van der Waals surface area contributed by atoms with Gasteiger partial charge in [0.05, 0.1) is 18.1 Å². The molecule has 1 aliphatic carbocycles. The van der Waals surface area contributed by atoms with E-state index in [0.717, 1.165) is 25.0 Å². The van der Waals surface area contributed by atoms with E-state index in [1.807, 2.05) is 0 Å². The van der Waals surface area contributed by atoms with E-state index < -0.39 is 14.9 Å². The first-order valence-electron chi connectivity index (χ1n) is 6.37. The molecule has 0 saturated heterocycles. The van der Waals surface area contributed by atoms with Crippen molar-refractivity contribution in [1.82, 2.24) is 4.31 Å². The lowest BCUT2D eigenvalue weighted by Gasteiger charge is -2.21. The van der Waals surface area contributed by atoms with Crippen LogP contribution < -0.4 is 4.74 Å². The zero-order valence-electron chi connectivity index (χ0n) is 11.6. The Morgan fingerprint density at radius 1 is 1.52 bits per heavy atom. The molecule has 0 N–H and O–H groups in total. The second-order valence-electron chi connectivity index (χ2n) is 4.69. The first-order chi connectivity index (χ1) is 9.91. The van der Waals surface area contributed by atoms with Crippen molar-refractivity contribution in [2.45, 2.75) is 23.8 Å². The number of nitrogens with zero attached hydrogens (tertiary/aromatic N) is 2. The second kappa shape index (κ2) is 5.82. The number of rotatable bonds is 7. The number of nitro benzene ring substituents is 1. The molecular formula is C13H16N2O5S. The highest BCUT2D eigenvalue weighted by Gasteiger charge is 2.38. The van der Waals surface area contributed by atoms with E-state index >= 15 is 0 Å². The summed E-state index contributed by atoms with van der Waals surface area (Å²) in [7, 11) is -2.49. The third kappa shape index (κ3) is 3.06. The van der Waals surface area contributed by atoms with Crippen LogP contribution in [0.15, 0.2) is 35.7 Å². The van der Waals surface area contributed by atoms with Crippen molar-refractivity contribution in [1.29, 1.82) is 0 Å². The molecule has 1 aliphatic rings. The van der Waals surface area contributed by atoms with Crippen LogP contribution in [-0.2, 0) is 10.0 Å². The summed E-state index contributed by atoms with van der Waals surface area (Å²) in [6.07, 6.45) is 3.14. The van der Waals surface area contributed by atoms with Crippen LogP contribution in [0, 0.1) is 10.1 Å². The van der Waals surface area contributed by atoms with Crippen LogP contribution in [0.1, 0.15) is 12.8 Å². The number of benzene rings is 1. The fourth-order valence-corrected chi connectivity index (χ4v) is 3.84. The van der Waals surface area contributed by atoms with E-state index in [2.05, 4.69) is 6.58 Å². The van der Waals surface area contributed by atoms with Crippen molar-refractivity contribution in [3.63, 3.8) is 0 Å². The normalized spacial score (nSPS) is 15.0. The van der Waals surface area contributed by atoms with Crippen molar-refractivity contribution < 1.29 is 18.1 Å². The monoisotopic (exact) mass is 312 g/mol. The van der Waals surface area contributed by atoms with E-state index in [0.29, 0.717) is 0 Å². The molecule has 114 valence electrons. The average molecular weight is 312 g/mol. The van der Waals surface area contributed by atoms with Gasteiger partial charge in [0.1, 0.15) is 10.6 Å².